The molecule has 2 saturated carbocycles. The summed E-state index contributed by atoms with van der Waals surface area (Å²) in [6, 6.07) is 0. The molecule has 2 fully saturated rings. The normalized spacial score (nSPS) is 46.4. The second-order valence-electron chi connectivity index (χ2n) is 5.66. The lowest BCUT2D eigenvalue weighted by atomic mass is 9.70. The zero-order valence-corrected chi connectivity index (χ0v) is 9.47. The second kappa shape index (κ2) is 3.29. The number of hydrogen-bond acceptors (Lipinski definition) is 0. The number of hydrogen-bond donors (Lipinski definition) is 0. The molecule has 0 heteroatoms. The molecule has 0 aromatic heterocycles. The van der Waals surface area contributed by atoms with Gasteiger partial charge in [0.1, 0.15) is 0 Å². The molecule has 0 aliphatic heterocycles. The monoisotopic (exact) mass is 180 g/mol. The molecule has 2 aliphatic rings. The van der Waals surface area contributed by atoms with Gasteiger partial charge in [-0.05, 0) is 48.9 Å². The summed E-state index contributed by atoms with van der Waals surface area (Å²) >= 11 is 0. The van der Waals surface area contributed by atoms with Crippen LogP contribution in [0.5, 0.6) is 0 Å². The van der Waals surface area contributed by atoms with Crippen LogP contribution in [-0.4, -0.2) is 0 Å². The van der Waals surface area contributed by atoms with Crippen molar-refractivity contribution in [2.45, 2.75) is 59.3 Å². The third kappa shape index (κ3) is 1.33. The first-order chi connectivity index (χ1) is 6.18. The average Bonchev–Trinajstić information content (AvgIpc) is 2.59. The zero-order chi connectivity index (χ0) is 9.47. The van der Waals surface area contributed by atoms with Crippen LogP contribution in [0.15, 0.2) is 0 Å². The first-order valence-electron chi connectivity index (χ1n) is 6.18. The van der Waals surface area contributed by atoms with Gasteiger partial charge in [-0.15, -0.1) is 0 Å². The van der Waals surface area contributed by atoms with Crippen LogP contribution in [0.2, 0.25) is 0 Å². The van der Waals surface area contributed by atoms with E-state index in [-0.39, 0.29) is 0 Å². The third-order valence-electron chi connectivity index (χ3n) is 5.20. The fourth-order valence-corrected chi connectivity index (χ4v) is 4.15. The van der Waals surface area contributed by atoms with Crippen LogP contribution in [0.25, 0.3) is 0 Å². The Bertz CT molecular complexity index is 184. The van der Waals surface area contributed by atoms with Crippen LogP contribution >= 0.6 is 0 Å². The van der Waals surface area contributed by atoms with Crippen LogP contribution in [0.4, 0.5) is 0 Å². The van der Waals surface area contributed by atoms with E-state index in [1.165, 1.54) is 38.5 Å². The molecule has 0 heterocycles. The minimum absolute atomic E-state index is 0.745. The van der Waals surface area contributed by atoms with E-state index in [0.29, 0.717) is 0 Å². The summed E-state index contributed by atoms with van der Waals surface area (Å²) in [6.07, 6.45) is 9.00. The summed E-state index contributed by atoms with van der Waals surface area (Å²) < 4.78 is 0. The summed E-state index contributed by atoms with van der Waals surface area (Å²) in [6.45, 7) is 7.40. The summed E-state index contributed by atoms with van der Waals surface area (Å²) in [5.41, 5.74) is 0.745. The Kier molecular flexibility index (Phi) is 2.42. The molecule has 2 rings (SSSR count). The van der Waals surface area contributed by atoms with Crippen molar-refractivity contribution in [2.24, 2.45) is 23.2 Å². The molecule has 76 valence electrons. The molecular weight excluding hydrogens is 156 g/mol. The van der Waals surface area contributed by atoms with Crippen molar-refractivity contribution in [2.75, 3.05) is 0 Å². The van der Waals surface area contributed by atoms with Crippen molar-refractivity contribution in [3.63, 3.8) is 0 Å². The summed E-state index contributed by atoms with van der Waals surface area (Å²) in [7, 11) is 0. The van der Waals surface area contributed by atoms with E-state index in [4.69, 9.17) is 0 Å². The molecule has 0 bridgehead atoms. The van der Waals surface area contributed by atoms with Crippen molar-refractivity contribution in [3.05, 3.63) is 0 Å². The van der Waals surface area contributed by atoms with Gasteiger partial charge in [0.15, 0.2) is 0 Å². The Morgan fingerprint density at radius 3 is 2.77 bits per heavy atom. The SMILES string of the molecule is CCC(C)C1CCC2CCC[C@]21C. The molecule has 0 radical (unpaired) electrons. The predicted octanol–water partition coefficient (Wildman–Crippen LogP) is 4.25. The van der Waals surface area contributed by atoms with Crippen molar-refractivity contribution >= 4 is 0 Å². The van der Waals surface area contributed by atoms with Gasteiger partial charge in [0.05, 0.1) is 0 Å². The fourth-order valence-electron chi connectivity index (χ4n) is 4.15. The highest BCUT2D eigenvalue weighted by Gasteiger charge is 2.49. The van der Waals surface area contributed by atoms with E-state index < -0.39 is 0 Å². The standard InChI is InChI=1S/C13H24/c1-4-10(2)12-8-7-11-6-5-9-13(11,12)3/h10-12H,4-9H2,1-3H3/t10?,11?,12?,13-/m1/s1. The van der Waals surface area contributed by atoms with E-state index in [9.17, 15) is 0 Å². The van der Waals surface area contributed by atoms with Gasteiger partial charge in [0, 0.05) is 0 Å². The maximum Gasteiger partial charge on any atom is -0.0267 e. The molecule has 0 aromatic rings. The molecule has 0 N–H and O–H groups in total. The van der Waals surface area contributed by atoms with E-state index in [2.05, 4.69) is 20.8 Å². The Labute approximate surface area is 83.1 Å². The van der Waals surface area contributed by atoms with Gasteiger partial charge >= 0.3 is 0 Å². The minimum Gasteiger partial charge on any atom is -0.0651 e. The van der Waals surface area contributed by atoms with Gasteiger partial charge in [-0.1, -0.05) is 33.6 Å². The van der Waals surface area contributed by atoms with E-state index >= 15 is 0 Å². The first kappa shape index (κ1) is 9.55. The van der Waals surface area contributed by atoms with Crippen molar-refractivity contribution in [1.82, 2.24) is 0 Å². The lowest BCUT2D eigenvalue weighted by Gasteiger charge is -2.35. The Balaban J connectivity index is 2.13. The molecule has 3 unspecified atom stereocenters. The average molecular weight is 180 g/mol. The highest BCUT2D eigenvalue weighted by Crippen LogP contribution is 2.59. The van der Waals surface area contributed by atoms with Crippen LogP contribution in [0, 0.1) is 23.2 Å². The summed E-state index contributed by atoms with van der Waals surface area (Å²) in [5, 5.41) is 0. The van der Waals surface area contributed by atoms with Crippen LogP contribution in [-0.2, 0) is 0 Å². The third-order valence-corrected chi connectivity index (χ3v) is 5.20. The van der Waals surface area contributed by atoms with E-state index in [1.54, 1.807) is 0 Å². The second-order valence-corrected chi connectivity index (χ2v) is 5.66. The summed E-state index contributed by atoms with van der Waals surface area (Å²) in [4.78, 5) is 0. The molecule has 2 aliphatic carbocycles. The van der Waals surface area contributed by atoms with Gasteiger partial charge < -0.3 is 0 Å². The molecule has 13 heavy (non-hydrogen) atoms. The molecular formula is C13H24. The minimum atomic E-state index is 0.745. The fraction of sp³-hybridized carbons (Fsp3) is 1.00. The van der Waals surface area contributed by atoms with Gasteiger partial charge in [-0.25, -0.2) is 0 Å². The highest BCUT2D eigenvalue weighted by molar-refractivity contribution is 4.99. The van der Waals surface area contributed by atoms with Crippen LogP contribution < -0.4 is 0 Å². The molecule has 0 aromatic carbocycles. The van der Waals surface area contributed by atoms with Gasteiger partial charge in [0.2, 0.25) is 0 Å². The number of rotatable bonds is 2. The molecule has 4 atom stereocenters. The largest absolute Gasteiger partial charge is 0.0651 e. The van der Waals surface area contributed by atoms with Gasteiger partial charge in [0.25, 0.3) is 0 Å². The molecule has 0 saturated heterocycles. The first-order valence-corrected chi connectivity index (χ1v) is 6.18. The summed E-state index contributed by atoms with van der Waals surface area (Å²) in [5.74, 6) is 3.10. The Morgan fingerprint density at radius 1 is 1.31 bits per heavy atom. The Hall–Kier alpha value is 0. The van der Waals surface area contributed by atoms with Crippen LogP contribution in [0.3, 0.4) is 0 Å². The van der Waals surface area contributed by atoms with Crippen LogP contribution in [0.1, 0.15) is 59.3 Å². The topological polar surface area (TPSA) is 0 Å². The lowest BCUT2D eigenvalue weighted by molar-refractivity contribution is 0.137. The lowest BCUT2D eigenvalue weighted by Crippen LogP contribution is -2.28. The highest BCUT2D eigenvalue weighted by atomic mass is 14.5. The van der Waals surface area contributed by atoms with E-state index in [1.807, 2.05) is 0 Å². The Morgan fingerprint density at radius 2 is 2.08 bits per heavy atom. The van der Waals surface area contributed by atoms with Crippen molar-refractivity contribution in [1.29, 1.82) is 0 Å². The van der Waals surface area contributed by atoms with E-state index in [0.717, 1.165) is 23.2 Å². The maximum atomic E-state index is 2.58. The van der Waals surface area contributed by atoms with Crippen molar-refractivity contribution < 1.29 is 0 Å². The molecule has 0 spiro atoms. The van der Waals surface area contributed by atoms with Crippen molar-refractivity contribution in [3.8, 4) is 0 Å². The number of fused-ring (bicyclic) bond motifs is 1. The molecule has 0 amide bonds. The predicted molar refractivity (Wildman–Crippen MR) is 57.6 cm³/mol. The van der Waals surface area contributed by atoms with Gasteiger partial charge in [-0.2, -0.15) is 0 Å². The molecule has 0 nitrogen and oxygen atoms in total. The zero-order valence-electron chi connectivity index (χ0n) is 9.47. The quantitative estimate of drug-likeness (QED) is 0.596. The van der Waals surface area contributed by atoms with Gasteiger partial charge in [-0.3, -0.25) is 0 Å². The maximum absolute atomic E-state index is 2.58. The smallest absolute Gasteiger partial charge is 0.0267 e.